The third-order valence-corrected chi connectivity index (χ3v) is 4.04. The minimum Gasteiger partial charge on any atom is -0.351 e. The number of nitrogens with one attached hydrogen (secondary N) is 1. The summed E-state index contributed by atoms with van der Waals surface area (Å²) in [5.74, 6) is 0. The Balaban J connectivity index is 1.80. The first-order chi connectivity index (χ1) is 8.16. The number of hydrogen-bond donors (Lipinski definition) is 2. The van der Waals surface area contributed by atoms with Crippen LogP contribution in [0.25, 0.3) is 0 Å². The third-order valence-electron chi connectivity index (χ3n) is 3.34. The van der Waals surface area contributed by atoms with E-state index < -0.39 is 0 Å². The highest BCUT2D eigenvalue weighted by Crippen LogP contribution is 2.19. The molecule has 94 valence electrons. The van der Waals surface area contributed by atoms with Gasteiger partial charge in [0.15, 0.2) is 0 Å². The fraction of sp³-hybridized carbons (Fsp3) is 0.583. The van der Waals surface area contributed by atoms with E-state index in [4.69, 9.17) is 5.73 Å². The van der Waals surface area contributed by atoms with Crippen LogP contribution < -0.4 is 11.1 Å². The average molecular weight is 253 g/mol. The zero-order valence-corrected chi connectivity index (χ0v) is 10.9. The van der Waals surface area contributed by atoms with Crippen molar-refractivity contribution in [2.24, 2.45) is 5.73 Å². The number of nitrogens with two attached hydrogens (primary N) is 1. The molecule has 1 unspecified atom stereocenters. The van der Waals surface area contributed by atoms with Crippen LogP contribution in [0.2, 0.25) is 0 Å². The Morgan fingerprint density at radius 2 is 2.29 bits per heavy atom. The Morgan fingerprint density at radius 1 is 1.59 bits per heavy atom. The standard InChI is InChI=1S/C12H19N3OS/c1-9(10-4-7-17-8-10)14-11-2-5-15(6-3-11)12(13)16/h4,7-9,11,14H,2-3,5-6H2,1H3,(H2,13,16). The molecule has 1 fully saturated rings. The van der Waals surface area contributed by atoms with Gasteiger partial charge in [0.1, 0.15) is 0 Å². The van der Waals surface area contributed by atoms with Crippen molar-refractivity contribution in [2.75, 3.05) is 13.1 Å². The van der Waals surface area contributed by atoms with Crippen LogP contribution in [0.15, 0.2) is 16.8 Å². The smallest absolute Gasteiger partial charge is 0.314 e. The normalized spacial score (nSPS) is 19.2. The van der Waals surface area contributed by atoms with Crippen LogP contribution in [-0.4, -0.2) is 30.1 Å². The zero-order valence-electron chi connectivity index (χ0n) is 10.1. The Bertz CT molecular complexity index is 358. The van der Waals surface area contributed by atoms with Gasteiger partial charge in [-0.1, -0.05) is 0 Å². The molecule has 4 nitrogen and oxygen atoms in total. The van der Waals surface area contributed by atoms with E-state index >= 15 is 0 Å². The summed E-state index contributed by atoms with van der Waals surface area (Å²) in [7, 11) is 0. The quantitative estimate of drug-likeness (QED) is 0.865. The number of thiophene rings is 1. The predicted octanol–water partition coefficient (Wildman–Crippen LogP) is 1.94. The molecule has 1 aliphatic heterocycles. The SMILES string of the molecule is CC(NC1CCN(C(N)=O)CC1)c1ccsc1. The maximum atomic E-state index is 11.0. The van der Waals surface area contributed by atoms with Crippen molar-refractivity contribution in [2.45, 2.75) is 31.8 Å². The van der Waals surface area contributed by atoms with Gasteiger partial charge in [0.05, 0.1) is 0 Å². The summed E-state index contributed by atoms with van der Waals surface area (Å²) in [4.78, 5) is 12.7. The summed E-state index contributed by atoms with van der Waals surface area (Å²) < 4.78 is 0. The minimum absolute atomic E-state index is 0.297. The van der Waals surface area contributed by atoms with E-state index in [1.807, 2.05) is 0 Å². The molecule has 0 aromatic carbocycles. The van der Waals surface area contributed by atoms with Crippen LogP contribution in [-0.2, 0) is 0 Å². The topological polar surface area (TPSA) is 58.4 Å². The van der Waals surface area contributed by atoms with Gasteiger partial charge in [-0.15, -0.1) is 0 Å². The van der Waals surface area contributed by atoms with Gasteiger partial charge in [0.25, 0.3) is 0 Å². The van der Waals surface area contributed by atoms with Crippen LogP contribution in [0.4, 0.5) is 4.79 Å². The van der Waals surface area contributed by atoms with Crippen molar-refractivity contribution in [1.82, 2.24) is 10.2 Å². The lowest BCUT2D eigenvalue weighted by molar-refractivity contribution is 0.183. The molecule has 1 aromatic heterocycles. The molecular weight excluding hydrogens is 234 g/mol. The molecule has 2 rings (SSSR count). The molecule has 2 amide bonds. The van der Waals surface area contributed by atoms with Gasteiger partial charge in [-0.25, -0.2) is 4.79 Å². The molecule has 5 heteroatoms. The number of nitrogens with zero attached hydrogens (tertiary/aromatic N) is 1. The first-order valence-electron chi connectivity index (χ1n) is 5.99. The van der Waals surface area contributed by atoms with E-state index in [2.05, 4.69) is 29.1 Å². The molecular formula is C12H19N3OS. The predicted molar refractivity (Wildman–Crippen MR) is 70.0 cm³/mol. The molecule has 1 aliphatic rings. The van der Waals surface area contributed by atoms with Crippen LogP contribution in [0.1, 0.15) is 31.4 Å². The average Bonchev–Trinajstić information content (AvgIpc) is 2.83. The fourth-order valence-corrected chi connectivity index (χ4v) is 2.99. The lowest BCUT2D eigenvalue weighted by Crippen LogP contribution is -2.47. The lowest BCUT2D eigenvalue weighted by Gasteiger charge is -2.32. The number of likely N-dealkylation sites (tertiary alicyclic amines) is 1. The van der Waals surface area contributed by atoms with Gasteiger partial charge < -0.3 is 16.0 Å². The molecule has 0 radical (unpaired) electrons. The number of primary amides is 1. The van der Waals surface area contributed by atoms with Gasteiger partial charge in [0.2, 0.25) is 0 Å². The second-order valence-electron chi connectivity index (χ2n) is 4.54. The Hall–Kier alpha value is -1.07. The number of rotatable bonds is 3. The number of hydrogen-bond acceptors (Lipinski definition) is 3. The summed E-state index contributed by atoms with van der Waals surface area (Å²) >= 11 is 1.72. The second kappa shape index (κ2) is 5.51. The van der Waals surface area contributed by atoms with Crippen LogP contribution >= 0.6 is 11.3 Å². The number of piperidine rings is 1. The number of urea groups is 1. The van der Waals surface area contributed by atoms with Gasteiger partial charge in [-0.3, -0.25) is 0 Å². The first-order valence-corrected chi connectivity index (χ1v) is 6.93. The molecule has 0 spiro atoms. The van der Waals surface area contributed by atoms with Crippen LogP contribution in [0.3, 0.4) is 0 Å². The molecule has 1 aromatic rings. The molecule has 2 heterocycles. The fourth-order valence-electron chi connectivity index (χ4n) is 2.24. The maximum Gasteiger partial charge on any atom is 0.314 e. The van der Waals surface area contributed by atoms with Crippen LogP contribution in [0.5, 0.6) is 0 Å². The maximum absolute atomic E-state index is 11.0. The summed E-state index contributed by atoms with van der Waals surface area (Å²) in [6, 6.07) is 2.72. The number of amides is 2. The third kappa shape index (κ3) is 3.20. The highest BCUT2D eigenvalue weighted by molar-refractivity contribution is 7.07. The van der Waals surface area contributed by atoms with Gasteiger partial charge in [-0.05, 0) is 42.2 Å². The molecule has 3 N–H and O–H groups in total. The molecule has 1 saturated heterocycles. The van der Waals surface area contributed by atoms with E-state index in [-0.39, 0.29) is 6.03 Å². The second-order valence-corrected chi connectivity index (χ2v) is 5.32. The Labute approximate surface area is 106 Å². The lowest BCUT2D eigenvalue weighted by atomic mass is 10.0. The molecule has 0 aliphatic carbocycles. The van der Waals surface area contributed by atoms with Crippen molar-refractivity contribution >= 4 is 17.4 Å². The van der Waals surface area contributed by atoms with Crippen molar-refractivity contribution in [3.8, 4) is 0 Å². The van der Waals surface area contributed by atoms with E-state index in [9.17, 15) is 4.79 Å². The number of carbonyl (C=O) groups is 1. The minimum atomic E-state index is -0.297. The largest absolute Gasteiger partial charge is 0.351 e. The van der Waals surface area contributed by atoms with E-state index in [1.54, 1.807) is 16.2 Å². The van der Waals surface area contributed by atoms with Crippen LogP contribution in [0, 0.1) is 0 Å². The van der Waals surface area contributed by atoms with Crippen molar-refractivity contribution in [3.63, 3.8) is 0 Å². The molecule has 0 saturated carbocycles. The highest BCUT2D eigenvalue weighted by atomic mass is 32.1. The highest BCUT2D eigenvalue weighted by Gasteiger charge is 2.22. The summed E-state index contributed by atoms with van der Waals surface area (Å²) in [6.45, 7) is 3.72. The van der Waals surface area contributed by atoms with Crippen molar-refractivity contribution in [3.05, 3.63) is 22.4 Å². The molecule has 1 atom stereocenters. The van der Waals surface area contributed by atoms with Gasteiger partial charge in [0, 0.05) is 25.2 Å². The molecule has 0 bridgehead atoms. The van der Waals surface area contributed by atoms with Gasteiger partial charge >= 0.3 is 6.03 Å². The summed E-state index contributed by atoms with van der Waals surface area (Å²) in [5, 5.41) is 7.89. The zero-order chi connectivity index (χ0) is 12.3. The van der Waals surface area contributed by atoms with E-state index in [1.165, 1.54) is 5.56 Å². The van der Waals surface area contributed by atoms with E-state index in [0.29, 0.717) is 12.1 Å². The van der Waals surface area contributed by atoms with E-state index in [0.717, 1.165) is 25.9 Å². The number of carbonyl (C=O) groups excluding carboxylic acids is 1. The summed E-state index contributed by atoms with van der Waals surface area (Å²) in [5.41, 5.74) is 6.60. The Kier molecular flexibility index (Phi) is 4.02. The van der Waals surface area contributed by atoms with Crippen molar-refractivity contribution < 1.29 is 4.79 Å². The Morgan fingerprint density at radius 3 is 2.82 bits per heavy atom. The van der Waals surface area contributed by atoms with Crippen molar-refractivity contribution in [1.29, 1.82) is 0 Å². The van der Waals surface area contributed by atoms with Gasteiger partial charge in [-0.2, -0.15) is 11.3 Å². The molecule has 17 heavy (non-hydrogen) atoms. The monoisotopic (exact) mass is 253 g/mol. The summed E-state index contributed by atoms with van der Waals surface area (Å²) in [6.07, 6.45) is 1.97. The first kappa shape index (κ1) is 12.4.